The maximum Gasteiger partial charge on any atom is 0.303 e. The summed E-state index contributed by atoms with van der Waals surface area (Å²) in [5, 5.41) is 0.895. The van der Waals surface area contributed by atoms with Gasteiger partial charge in [-0.15, -0.1) is 0 Å². The van der Waals surface area contributed by atoms with Crippen molar-refractivity contribution in [1.29, 1.82) is 0 Å². The third-order valence-corrected chi connectivity index (χ3v) is 2.99. The zero-order chi connectivity index (χ0) is 12.6. The molecule has 6 heteroatoms. The number of aromatic nitrogens is 2. The van der Waals surface area contributed by atoms with Gasteiger partial charge >= 0.3 is 5.97 Å². The zero-order valence-corrected chi connectivity index (χ0v) is 10.8. The minimum atomic E-state index is -0.433. The van der Waals surface area contributed by atoms with Crippen LogP contribution in [-0.4, -0.2) is 15.9 Å². The lowest BCUT2D eigenvalue weighted by Gasteiger charge is -2.07. The molecule has 1 atom stereocenters. The van der Waals surface area contributed by atoms with E-state index < -0.39 is 6.10 Å². The number of fused-ring (bicyclic) bond motifs is 1. The lowest BCUT2D eigenvalue weighted by molar-refractivity contribution is -0.146. The van der Waals surface area contributed by atoms with Gasteiger partial charge in [0.2, 0.25) is 0 Å². The second kappa shape index (κ2) is 4.55. The van der Waals surface area contributed by atoms with Gasteiger partial charge in [0, 0.05) is 6.92 Å². The molecule has 0 aliphatic heterocycles. The van der Waals surface area contributed by atoms with Crippen LogP contribution in [0.4, 0.5) is 0 Å². The van der Waals surface area contributed by atoms with Gasteiger partial charge < -0.3 is 9.72 Å². The van der Waals surface area contributed by atoms with Gasteiger partial charge in [-0.05, 0) is 19.1 Å². The van der Waals surface area contributed by atoms with Crippen molar-refractivity contribution in [2.75, 3.05) is 0 Å². The molecule has 0 aliphatic rings. The fourth-order valence-corrected chi connectivity index (χ4v) is 1.84. The van der Waals surface area contributed by atoms with E-state index >= 15 is 0 Å². The van der Waals surface area contributed by atoms with Crippen LogP contribution in [0.3, 0.4) is 0 Å². The first-order valence-corrected chi connectivity index (χ1v) is 5.75. The molecule has 2 aromatic rings. The van der Waals surface area contributed by atoms with Gasteiger partial charge in [0.1, 0.15) is 5.82 Å². The first-order chi connectivity index (χ1) is 7.97. The molecule has 90 valence electrons. The fourth-order valence-electron chi connectivity index (χ4n) is 1.52. The minimum Gasteiger partial charge on any atom is -0.455 e. The molecule has 0 fully saturated rings. The molecule has 4 nitrogen and oxygen atoms in total. The Bertz CT molecular complexity index is 541. The predicted octanol–water partition coefficient (Wildman–Crippen LogP) is 3.49. The normalized spacial score (nSPS) is 12.7. The number of hydrogen-bond donors (Lipinski definition) is 1. The van der Waals surface area contributed by atoms with Crippen molar-refractivity contribution in [2.45, 2.75) is 20.0 Å². The standard InChI is InChI=1S/C11H10Cl2N2O2/c1-5(17-6(2)16)11-14-9-3-7(12)8(13)4-10(9)15-11/h3-5H,1-2H3,(H,14,15). The van der Waals surface area contributed by atoms with E-state index in [1.807, 2.05) is 0 Å². The zero-order valence-electron chi connectivity index (χ0n) is 9.25. The highest BCUT2D eigenvalue weighted by Gasteiger charge is 2.14. The number of nitrogens with zero attached hydrogens (tertiary/aromatic N) is 1. The van der Waals surface area contributed by atoms with Crippen molar-refractivity contribution >= 4 is 40.2 Å². The molecule has 0 spiro atoms. The van der Waals surface area contributed by atoms with Crippen LogP contribution in [0.15, 0.2) is 12.1 Å². The molecular weight excluding hydrogens is 263 g/mol. The summed E-state index contributed by atoms with van der Waals surface area (Å²) in [6, 6.07) is 3.36. The van der Waals surface area contributed by atoms with Crippen molar-refractivity contribution in [2.24, 2.45) is 0 Å². The molecule has 1 heterocycles. The number of rotatable bonds is 2. The number of nitrogens with one attached hydrogen (secondary N) is 1. The van der Waals surface area contributed by atoms with E-state index in [1.54, 1.807) is 19.1 Å². The number of aromatic amines is 1. The third kappa shape index (κ3) is 2.53. The van der Waals surface area contributed by atoms with E-state index in [9.17, 15) is 4.79 Å². The molecule has 0 bridgehead atoms. The second-order valence-corrected chi connectivity index (χ2v) is 4.47. The van der Waals surface area contributed by atoms with Gasteiger partial charge in [-0.1, -0.05) is 23.2 Å². The number of H-pyrrole nitrogens is 1. The molecule has 17 heavy (non-hydrogen) atoms. The summed E-state index contributed by atoms with van der Waals surface area (Å²) in [4.78, 5) is 18.2. The average Bonchev–Trinajstić information content (AvgIpc) is 2.60. The Kier molecular flexibility index (Phi) is 3.26. The number of halogens is 2. The summed E-state index contributed by atoms with van der Waals surface area (Å²) >= 11 is 11.8. The molecule has 0 radical (unpaired) electrons. The van der Waals surface area contributed by atoms with E-state index in [0.717, 1.165) is 5.52 Å². The van der Waals surface area contributed by atoms with Crippen LogP contribution in [-0.2, 0) is 9.53 Å². The van der Waals surface area contributed by atoms with Gasteiger partial charge in [0.05, 0.1) is 21.1 Å². The van der Waals surface area contributed by atoms with Gasteiger partial charge in [-0.2, -0.15) is 0 Å². The second-order valence-electron chi connectivity index (χ2n) is 3.66. The number of hydrogen-bond acceptors (Lipinski definition) is 3. The van der Waals surface area contributed by atoms with Gasteiger partial charge in [-0.25, -0.2) is 4.98 Å². The molecule has 1 N–H and O–H groups in total. The first-order valence-electron chi connectivity index (χ1n) is 4.99. The molecular formula is C11H10Cl2N2O2. The van der Waals surface area contributed by atoms with Crippen molar-refractivity contribution < 1.29 is 9.53 Å². The lowest BCUT2D eigenvalue weighted by atomic mass is 10.3. The Morgan fingerprint density at radius 2 is 2.06 bits per heavy atom. The van der Waals surface area contributed by atoms with Crippen molar-refractivity contribution in [3.8, 4) is 0 Å². The van der Waals surface area contributed by atoms with Crippen LogP contribution in [0.2, 0.25) is 10.0 Å². The maximum absolute atomic E-state index is 10.8. The van der Waals surface area contributed by atoms with Crippen LogP contribution in [0.5, 0.6) is 0 Å². The van der Waals surface area contributed by atoms with Gasteiger partial charge in [0.15, 0.2) is 6.10 Å². The van der Waals surface area contributed by atoms with E-state index in [-0.39, 0.29) is 5.97 Å². The van der Waals surface area contributed by atoms with Crippen molar-refractivity contribution in [3.05, 3.63) is 28.0 Å². The predicted molar refractivity (Wildman–Crippen MR) is 66.3 cm³/mol. The van der Waals surface area contributed by atoms with Gasteiger partial charge in [-0.3, -0.25) is 4.79 Å². The number of carbonyl (C=O) groups is 1. The maximum atomic E-state index is 10.8. The summed E-state index contributed by atoms with van der Waals surface area (Å²) < 4.78 is 5.03. The van der Waals surface area contributed by atoms with E-state index in [2.05, 4.69) is 9.97 Å². The largest absolute Gasteiger partial charge is 0.455 e. The molecule has 0 saturated heterocycles. The topological polar surface area (TPSA) is 55.0 Å². The first kappa shape index (κ1) is 12.2. The Morgan fingerprint density at radius 1 is 1.41 bits per heavy atom. The summed E-state index contributed by atoms with van der Waals surface area (Å²) in [5.74, 6) is 0.211. The average molecular weight is 273 g/mol. The highest BCUT2D eigenvalue weighted by Crippen LogP contribution is 2.28. The number of esters is 1. The van der Waals surface area contributed by atoms with Crippen molar-refractivity contribution in [3.63, 3.8) is 0 Å². The fraction of sp³-hybridized carbons (Fsp3) is 0.273. The number of benzene rings is 1. The van der Waals surface area contributed by atoms with Crippen LogP contribution in [0, 0.1) is 0 Å². The van der Waals surface area contributed by atoms with E-state index in [0.29, 0.717) is 21.4 Å². The Balaban J connectivity index is 2.41. The Labute approximate surface area is 108 Å². The SMILES string of the molecule is CC(=O)OC(C)c1nc2cc(Cl)c(Cl)cc2[nH]1. The number of carbonyl (C=O) groups excluding carboxylic acids is 1. The molecule has 1 aromatic heterocycles. The van der Waals surface area contributed by atoms with Crippen LogP contribution in [0.1, 0.15) is 25.8 Å². The monoisotopic (exact) mass is 272 g/mol. The highest BCUT2D eigenvalue weighted by atomic mass is 35.5. The summed E-state index contributed by atoms with van der Waals surface area (Å²) in [6.07, 6.45) is -0.433. The summed E-state index contributed by atoms with van der Waals surface area (Å²) in [7, 11) is 0. The molecule has 0 amide bonds. The Morgan fingerprint density at radius 3 is 2.71 bits per heavy atom. The third-order valence-electron chi connectivity index (χ3n) is 2.27. The lowest BCUT2D eigenvalue weighted by Crippen LogP contribution is -2.06. The van der Waals surface area contributed by atoms with Crippen molar-refractivity contribution in [1.82, 2.24) is 9.97 Å². The summed E-state index contributed by atoms with van der Waals surface area (Å²) in [6.45, 7) is 3.09. The van der Waals surface area contributed by atoms with Crippen LogP contribution in [0.25, 0.3) is 11.0 Å². The molecule has 2 rings (SSSR count). The van der Waals surface area contributed by atoms with E-state index in [1.165, 1.54) is 6.92 Å². The molecule has 0 saturated carbocycles. The van der Waals surface area contributed by atoms with Crippen LogP contribution < -0.4 is 0 Å². The highest BCUT2D eigenvalue weighted by molar-refractivity contribution is 6.42. The van der Waals surface area contributed by atoms with Gasteiger partial charge in [0.25, 0.3) is 0 Å². The minimum absolute atomic E-state index is 0.353. The molecule has 0 aliphatic carbocycles. The number of imidazole rings is 1. The summed E-state index contributed by atoms with van der Waals surface area (Å²) in [5.41, 5.74) is 1.45. The smallest absolute Gasteiger partial charge is 0.303 e. The Hall–Kier alpha value is -1.26. The number of ether oxygens (including phenoxy) is 1. The molecule has 1 aromatic carbocycles. The quantitative estimate of drug-likeness (QED) is 0.852. The van der Waals surface area contributed by atoms with E-state index in [4.69, 9.17) is 27.9 Å². The molecule has 1 unspecified atom stereocenters. The van der Waals surface area contributed by atoms with Crippen LogP contribution >= 0.6 is 23.2 Å².